The lowest BCUT2D eigenvalue weighted by Crippen LogP contribution is -2.10. The molecule has 0 aliphatic heterocycles. The fourth-order valence-corrected chi connectivity index (χ4v) is 2.93. The first kappa shape index (κ1) is 15.9. The molecule has 2 aromatic rings. The van der Waals surface area contributed by atoms with Crippen molar-refractivity contribution in [3.8, 4) is 5.69 Å². The van der Waals surface area contributed by atoms with E-state index in [2.05, 4.69) is 48.5 Å². The van der Waals surface area contributed by atoms with Crippen LogP contribution < -0.4 is 5.73 Å². The minimum Gasteiger partial charge on any atom is -0.383 e. The summed E-state index contributed by atoms with van der Waals surface area (Å²) in [5, 5.41) is 5.74. The molecule has 0 fully saturated rings. The molecule has 0 bridgehead atoms. The molecule has 6 heteroatoms. The van der Waals surface area contributed by atoms with Crippen LogP contribution in [-0.2, 0) is 6.42 Å². The maximum atomic E-state index is 6.23. The van der Waals surface area contributed by atoms with Gasteiger partial charge in [0.15, 0.2) is 0 Å². The zero-order chi connectivity index (χ0) is 15.1. The number of anilines is 1. The zero-order valence-corrected chi connectivity index (χ0v) is 15.2. The summed E-state index contributed by atoms with van der Waals surface area (Å²) in [4.78, 5) is 0. The Morgan fingerprint density at radius 2 is 1.95 bits per heavy atom. The van der Waals surface area contributed by atoms with Gasteiger partial charge in [0.2, 0.25) is 0 Å². The number of halogens is 3. The van der Waals surface area contributed by atoms with E-state index in [9.17, 15) is 0 Å². The van der Waals surface area contributed by atoms with Crippen molar-refractivity contribution >= 4 is 51.6 Å². The van der Waals surface area contributed by atoms with Crippen LogP contribution in [0.2, 0.25) is 10.0 Å². The predicted molar refractivity (Wildman–Crippen MR) is 93.9 cm³/mol. The molecule has 0 aliphatic carbocycles. The largest absolute Gasteiger partial charge is 0.383 e. The molecule has 3 nitrogen and oxygen atoms in total. The van der Waals surface area contributed by atoms with Crippen LogP contribution in [0.5, 0.6) is 0 Å². The standard InChI is InChI=1S/C14H16Cl2IN3/c1-14(2,3)7-10-12(17)13(18)20(19-10)11-5-4-8(15)6-9(11)16/h4-6H,7,18H2,1-3H3. The first-order chi connectivity index (χ1) is 9.19. The fraction of sp³-hybridized carbons (Fsp3) is 0.357. The second-order valence-corrected chi connectivity index (χ2v) is 7.81. The van der Waals surface area contributed by atoms with Gasteiger partial charge < -0.3 is 5.73 Å². The van der Waals surface area contributed by atoms with Crippen molar-refractivity contribution in [2.75, 3.05) is 5.73 Å². The summed E-state index contributed by atoms with van der Waals surface area (Å²) in [5.74, 6) is 0.606. The van der Waals surface area contributed by atoms with Gasteiger partial charge in [0.25, 0.3) is 0 Å². The molecule has 0 amide bonds. The molecule has 0 unspecified atom stereocenters. The van der Waals surface area contributed by atoms with Crippen LogP contribution in [-0.4, -0.2) is 9.78 Å². The summed E-state index contributed by atoms with van der Waals surface area (Å²) in [6.45, 7) is 6.52. The highest BCUT2D eigenvalue weighted by atomic mass is 127. The van der Waals surface area contributed by atoms with Gasteiger partial charge in [-0.3, -0.25) is 0 Å². The molecule has 0 aliphatic rings. The van der Waals surface area contributed by atoms with Gasteiger partial charge in [0.05, 0.1) is 20.0 Å². The van der Waals surface area contributed by atoms with E-state index in [-0.39, 0.29) is 5.41 Å². The van der Waals surface area contributed by atoms with Gasteiger partial charge in [0.1, 0.15) is 5.82 Å². The number of hydrogen-bond donors (Lipinski definition) is 1. The quantitative estimate of drug-likeness (QED) is 0.694. The first-order valence-electron chi connectivity index (χ1n) is 6.17. The van der Waals surface area contributed by atoms with Crippen LogP contribution in [0.3, 0.4) is 0 Å². The molecule has 0 atom stereocenters. The molecule has 1 heterocycles. The van der Waals surface area contributed by atoms with Gasteiger partial charge in [-0.2, -0.15) is 5.10 Å². The third-order valence-corrected chi connectivity index (χ3v) is 4.48. The summed E-state index contributed by atoms with van der Waals surface area (Å²) in [5.41, 5.74) is 8.04. The lowest BCUT2D eigenvalue weighted by molar-refractivity contribution is 0.404. The summed E-state index contributed by atoms with van der Waals surface area (Å²) in [7, 11) is 0. The third kappa shape index (κ3) is 3.40. The monoisotopic (exact) mass is 423 g/mol. The van der Waals surface area contributed by atoms with Gasteiger partial charge in [-0.25, -0.2) is 4.68 Å². The molecule has 20 heavy (non-hydrogen) atoms. The molecule has 2 N–H and O–H groups in total. The molecule has 0 saturated carbocycles. The van der Waals surface area contributed by atoms with E-state index in [1.54, 1.807) is 16.8 Å². The number of benzene rings is 1. The van der Waals surface area contributed by atoms with Crippen molar-refractivity contribution in [1.29, 1.82) is 0 Å². The van der Waals surface area contributed by atoms with Gasteiger partial charge in [-0.05, 0) is 52.6 Å². The van der Waals surface area contributed by atoms with E-state index < -0.39 is 0 Å². The molecule has 108 valence electrons. The molecule has 0 spiro atoms. The topological polar surface area (TPSA) is 43.8 Å². The second-order valence-electron chi connectivity index (χ2n) is 5.89. The van der Waals surface area contributed by atoms with E-state index >= 15 is 0 Å². The van der Waals surface area contributed by atoms with Crippen LogP contribution >= 0.6 is 45.8 Å². The van der Waals surface area contributed by atoms with Crippen molar-refractivity contribution in [3.05, 3.63) is 37.5 Å². The molecular formula is C14H16Cl2IN3. The fourth-order valence-electron chi connectivity index (χ4n) is 1.91. The maximum absolute atomic E-state index is 6.23. The van der Waals surface area contributed by atoms with Gasteiger partial charge in [-0.15, -0.1) is 0 Å². The van der Waals surface area contributed by atoms with Crippen molar-refractivity contribution < 1.29 is 0 Å². The maximum Gasteiger partial charge on any atom is 0.141 e. The first-order valence-corrected chi connectivity index (χ1v) is 8.01. The highest BCUT2D eigenvalue weighted by Crippen LogP contribution is 2.31. The molecular weight excluding hydrogens is 408 g/mol. The van der Waals surface area contributed by atoms with E-state index in [0.717, 1.165) is 21.4 Å². The predicted octanol–water partition coefficient (Wildman–Crippen LogP) is 4.95. The Balaban J connectivity index is 2.50. The number of nitrogens with zero attached hydrogens (tertiary/aromatic N) is 2. The number of aromatic nitrogens is 2. The molecule has 0 radical (unpaired) electrons. The Bertz CT molecular complexity index is 645. The summed E-state index contributed by atoms with van der Waals surface area (Å²) < 4.78 is 2.66. The Hall–Kier alpha value is -0.460. The Kier molecular flexibility index (Phi) is 4.56. The van der Waals surface area contributed by atoms with Crippen LogP contribution in [0.1, 0.15) is 26.5 Å². The van der Waals surface area contributed by atoms with Crippen molar-refractivity contribution in [1.82, 2.24) is 9.78 Å². The number of rotatable bonds is 2. The molecule has 0 saturated heterocycles. The third-order valence-electron chi connectivity index (χ3n) is 2.76. The Morgan fingerprint density at radius 3 is 2.50 bits per heavy atom. The molecule has 1 aromatic heterocycles. The normalized spacial score (nSPS) is 11.9. The van der Waals surface area contributed by atoms with Gasteiger partial charge in [-0.1, -0.05) is 44.0 Å². The van der Waals surface area contributed by atoms with E-state index in [1.165, 1.54) is 0 Å². The second kappa shape index (κ2) is 5.73. The Morgan fingerprint density at radius 1 is 1.30 bits per heavy atom. The highest BCUT2D eigenvalue weighted by molar-refractivity contribution is 14.1. The number of nitrogens with two attached hydrogens (primary N) is 1. The van der Waals surface area contributed by atoms with E-state index in [0.29, 0.717) is 15.9 Å². The summed E-state index contributed by atoms with van der Waals surface area (Å²) in [6.07, 6.45) is 0.855. The molecule has 1 aromatic carbocycles. The minimum absolute atomic E-state index is 0.148. The minimum atomic E-state index is 0.148. The highest BCUT2D eigenvalue weighted by Gasteiger charge is 2.21. The van der Waals surface area contributed by atoms with Crippen LogP contribution in [0, 0.1) is 8.99 Å². The number of nitrogen functional groups attached to an aromatic ring is 1. The number of hydrogen-bond acceptors (Lipinski definition) is 2. The SMILES string of the molecule is CC(C)(C)Cc1nn(-c2ccc(Cl)cc2Cl)c(N)c1I. The summed E-state index contributed by atoms with van der Waals surface area (Å²) >= 11 is 14.4. The van der Waals surface area contributed by atoms with Crippen molar-refractivity contribution in [2.24, 2.45) is 5.41 Å². The zero-order valence-electron chi connectivity index (χ0n) is 11.5. The lowest BCUT2D eigenvalue weighted by atomic mass is 9.91. The summed E-state index contributed by atoms with van der Waals surface area (Å²) in [6, 6.07) is 5.29. The van der Waals surface area contributed by atoms with Crippen molar-refractivity contribution in [2.45, 2.75) is 27.2 Å². The smallest absolute Gasteiger partial charge is 0.141 e. The van der Waals surface area contributed by atoms with E-state index in [1.807, 2.05) is 6.07 Å². The van der Waals surface area contributed by atoms with Gasteiger partial charge in [0, 0.05) is 5.02 Å². The van der Waals surface area contributed by atoms with Crippen LogP contribution in [0.4, 0.5) is 5.82 Å². The molecule has 2 rings (SSSR count). The lowest BCUT2D eigenvalue weighted by Gasteiger charge is -2.16. The van der Waals surface area contributed by atoms with E-state index in [4.69, 9.17) is 28.9 Å². The van der Waals surface area contributed by atoms with Crippen molar-refractivity contribution in [3.63, 3.8) is 0 Å². The van der Waals surface area contributed by atoms with Crippen LogP contribution in [0.25, 0.3) is 5.69 Å². The van der Waals surface area contributed by atoms with Gasteiger partial charge >= 0.3 is 0 Å². The van der Waals surface area contributed by atoms with Crippen LogP contribution in [0.15, 0.2) is 18.2 Å². The average Bonchev–Trinajstić information content (AvgIpc) is 2.56. The average molecular weight is 424 g/mol. The Labute approximate surface area is 142 Å².